The van der Waals surface area contributed by atoms with Gasteiger partial charge in [0.2, 0.25) is 0 Å². The second kappa shape index (κ2) is 6.78. The van der Waals surface area contributed by atoms with E-state index in [1.54, 1.807) is 29.2 Å². The van der Waals surface area contributed by atoms with Crippen LogP contribution in [0.5, 0.6) is 0 Å². The summed E-state index contributed by atoms with van der Waals surface area (Å²) in [5.74, 6) is -0.438. The molecule has 138 valence electrons. The molecule has 2 aliphatic rings. The number of benzene rings is 1. The Morgan fingerprint density at radius 2 is 1.77 bits per heavy atom. The highest BCUT2D eigenvalue weighted by molar-refractivity contribution is 6.21. The first-order valence-electron chi connectivity index (χ1n) is 8.60. The largest absolute Gasteiger partial charge is 0.336 e. The van der Waals surface area contributed by atoms with Gasteiger partial charge in [-0.1, -0.05) is 0 Å². The van der Waals surface area contributed by atoms with E-state index >= 15 is 0 Å². The van der Waals surface area contributed by atoms with Crippen LogP contribution in [-0.2, 0) is 4.79 Å². The highest BCUT2D eigenvalue weighted by Crippen LogP contribution is 2.28. The first-order chi connectivity index (χ1) is 12.3. The van der Waals surface area contributed by atoms with Crippen molar-refractivity contribution in [2.75, 3.05) is 24.5 Å². The summed E-state index contributed by atoms with van der Waals surface area (Å²) in [5.41, 5.74) is 0.944. The van der Waals surface area contributed by atoms with Crippen molar-refractivity contribution in [3.8, 4) is 0 Å². The Morgan fingerprint density at radius 3 is 2.35 bits per heavy atom. The lowest BCUT2D eigenvalue weighted by molar-refractivity contribution is -0.120. The molecule has 26 heavy (non-hydrogen) atoms. The summed E-state index contributed by atoms with van der Waals surface area (Å²) in [6.45, 7) is 6.05. The number of nitrogens with one attached hydrogen (secondary N) is 1. The van der Waals surface area contributed by atoms with Gasteiger partial charge in [0, 0.05) is 24.7 Å². The van der Waals surface area contributed by atoms with E-state index in [2.05, 4.69) is 5.32 Å². The molecule has 2 fully saturated rings. The third-order valence-electron chi connectivity index (χ3n) is 4.55. The molecule has 0 saturated carbocycles. The van der Waals surface area contributed by atoms with E-state index in [0.717, 1.165) is 4.90 Å². The standard InChI is InChI=1S/C18H22N4O4/c1-11(2)19-17(25)20-8-9-21-15(10-20)16(24)22(18(21)26)14-6-4-13(5-7-14)12(3)23/h4-7,11,15H,8-10H2,1-3H3,(H,19,25)/t15-/m0/s1. The minimum absolute atomic E-state index is 0.00210. The van der Waals surface area contributed by atoms with Crippen LogP contribution in [-0.4, -0.2) is 65.3 Å². The van der Waals surface area contributed by atoms with Crippen LogP contribution in [0, 0.1) is 0 Å². The van der Waals surface area contributed by atoms with Crippen molar-refractivity contribution in [3.63, 3.8) is 0 Å². The molecular formula is C18H22N4O4. The maximum atomic E-state index is 12.8. The quantitative estimate of drug-likeness (QED) is 0.654. The molecule has 3 rings (SSSR count). The van der Waals surface area contributed by atoms with Crippen molar-refractivity contribution >= 4 is 29.4 Å². The van der Waals surface area contributed by atoms with E-state index in [1.165, 1.54) is 11.8 Å². The monoisotopic (exact) mass is 358 g/mol. The average Bonchev–Trinajstić information content (AvgIpc) is 2.85. The summed E-state index contributed by atoms with van der Waals surface area (Å²) in [5, 5.41) is 2.80. The Kier molecular flexibility index (Phi) is 4.67. The van der Waals surface area contributed by atoms with Gasteiger partial charge in [-0.15, -0.1) is 0 Å². The zero-order chi connectivity index (χ0) is 19.0. The zero-order valence-corrected chi connectivity index (χ0v) is 15.1. The highest BCUT2D eigenvalue weighted by atomic mass is 16.2. The molecule has 8 heteroatoms. The van der Waals surface area contributed by atoms with Crippen molar-refractivity contribution in [3.05, 3.63) is 29.8 Å². The summed E-state index contributed by atoms with van der Waals surface area (Å²) in [6, 6.07) is 5.07. The second-order valence-electron chi connectivity index (χ2n) is 6.82. The fourth-order valence-corrected chi connectivity index (χ4v) is 3.20. The third kappa shape index (κ3) is 3.14. The Balaban J connectivity index is 1.78. The molecule has 0 radical (unpaired) electrons. The lowest BCUT2D eigenvalue weighted by Gasteiger charge is -2.35. The minimum Gasteiger partial charge on any atom is -0.336 e. The summed E-state index contributed by atoms with van der Waals surface area (Å²) in [7, 11) is 0. The molecule has 2 heterocycles. The summed E-state index contributed by atoms with van der Waals surface area (Å²) >= 11 is 0. The Bertz CT molecular complexity index is 759. The van der Waals surface area contributed by atoms with E-state index in [9.17, 15) is 19.2 Å². The Hall–Kier alpha value is -2.90. The number of Topliss-reactive ketones (excluding diaryl/α,β-unsaturated/α-hetero) is 1. The van der Waals surface area contributed by atoms with E-state index in [-0.39, 0.29) is 36.3 Å². The highest BCUT2D eigenvalue weighted by Gasteiger charge is 2.49. The molecule has 1 aromatic rings. The molecule has 0 unspecified atom stereocenters. The molecular weight excluding hydrogens is 336 g/mol. The molecule has 8 nitrogen and oxygen atoms in total. The van der Waals surface area contributed by atoms with Gasteiger partial charge in [0.15, 0.2) is 5.78 Å². The van der Waals surface area contributed by atoms with Crippen LogP contribution in [0.2, 0.25) is 0 Å². The molecule has 0 spiro atoms. The fraction of sp³-hybridized carbons (Fsp3) is 0.444. The van der Waals surface area contributed by atoms with Gasteiger partial charge >= 0.3 is 12.1 Å². The van der Waals surface area contributed by atoms with E-state index in [4.69, 9.17) is 0 Å². The molecule has 2 aliphatic heterocycles. The number of ketones is 1. The van der Waals surface area contributed by atoms with Crippen molar-refractivity contribution in [1.82, 2.24) is 15.1 Å². The van der Waals surface area contributed by atoms with Crippen LogP contribution in [0.25, 0.3) is 0 Å². The van der Waals surface area contributed by atoms with Gasteiger partial charge in [-0.3, -0.25) is 9.59 Å². The average molecular weight is 358 g/mol. The number of nitrogens with zero attached hydrogens (tertiary/aromatic N) is 3. The number of fused-ring (bicyclic) bond motifs is 1. The number of urea groups is 2. The van der Waals surface area contributed by atoms with Gasteiger partial charge in [-0.25, -0.2) is 14.5 Å². The minimum atomic E-state index is -0.679. The first kappa shape index (κ1) is 17.9. The van der Waals surface area contributed by atoms with Crippen molar-refractivity contribution in [2.45, 2.75) is 32.9 Å². The van der Waals surface area contributed by atoms with Crippen LogP contribution in [0.1, 0.15) is 31.1 Å². The predicted octanol–water partition coefficient (Wildman–Crippen LogP) is 1.46. The maximum absolute atomic E-state index is 12.8. The summed E-state index contributed by atoms with van der Waals surface area (Å²) in [4.78, 5) is 53.2. The van der Waals surface area contributed by atoms with E-state index in [1.807, 2.05) is 13.8 Å². The van der Waals surface area contributed by atoms with Gasteiger partial charge in [-0.05, 0) is 45.0 Å². The lowest BCUT2D eigenvalue weighted by atomic mass is 10.1. The summed E-state index contributed by atoms with van der Waals surface area (Å²) in [6.07, 6.45) is 0. The smallest absolute Gasteiger partial charge is 0.332 e. The van der Waals surface area contributed by atoms with Gasteiger partial charge in [0.1, 0.15) is 6.04 Å². The molecule has 0 aliphatic carbocycles. The van der Waals surface area contributed by atoms with Crippen LogP contribution < -0.4 is 10.2 Å². The maximum Gasteiger partial charge on any atom is 0.332 e. The lowest BCUT2D eigenvalue weighted by Crippen LogP contribution is -2.57. The van der Waals surface area contributed by atoms with Crippen molar-refractivity contribution in [2.24, 2.45) is 0 Å². The van der Waals surface area contributed by atoms with Gasteiger partial charge in [0.05, 0.1) is 12.2 Å². The van der Waals surface area contributed by atoms with Crippen LogP contribution in [0.3, 0.4) is 0 Å². The molecule has 0 aromatic heterocycles. The molecule has 1 N–H and O–H groups in total. The van der Waals surface area contributed by atoms with E-state index < -0.39 is 6.04 Å². The summed E-state index contributed by atoms with van der Waals surface area (Å²) < 4.78 is 0. The van der Waals surface area contributed by atoms with Crippen molar-refractivity contribution in [1.29, 1.82) is 0 Å². The first-order valence-corrected chi connectivity index (χ1v) is 8.60. The Labute approximate surface area is 151 Å². The zero-order valence-electron chi connectivity index (χ0n) is 15.1. The predicted molar refractivity (Wildman–Crippen MR) is 95.1 cm³/mol. The third-order valence-corrected chi connectivity index (χ3v) is 4.55. The number of carbonyl (C=O) groups excluding carboxylic acids is 4. The Morgan fingerprint density at radius 1 is 1.12 bits per heavy atom. The van der Waals surface area contributed by atoms with Crippen LogP contribution >= 0.6 is 0 Å². The number of anilines is 1. The molecule has 1 atom stereocenters. The number of imide groups is 1. The van der Waals surface area contributed by atoms with Crippen molar-refractivity contribution < 1.29 is 19.2 Å². The number of hydrogen-bond acceptors (Lipinski definition) is 4. The molecule has 1 aromatic carbocycles. The number of carbonyl (C=O) groups is 4. The molecule has 2 saturated heterocycles. The number of hydrogen-bond donors (Lipinski definition) is 1. The van der Waals surface area contributed by atoms with Gasteiger partial charge in [-0.2, -0.15) is 0 Å². The van der Waals surface area contributed by atoms with Gasteiger partial charge < -0.3 is 15.1 Å². The second-order valence-corrected chi connectivity index (χ2v) is 6.82. The topological polar surface area (TPSA) is 90.0 Å². The number of amides is 5. The normalized spacial score (nSPS) is 19.8. The van der Waals surface area contributed by atoms with Crippen LogP contribution in [0.4, 0.5) is 15.3 Å². The number of rotatable bonds is 3. The van der Waals surface area contributed by atoms with Gasteiger partial charge in [0.25, 0.3) is 5.91 Å². The fourth-order valence-electron chi connectivity index (χ4n) is 3.20. The number of piperazine rings is 1. The van der Waals surface area contributed by atoms with E-state index in [0.29, 0.717) is 24.3 Å². The molecule has 0 bridgehead atoms. The SMILES string of the molecule is CC(=O)c1ccc(N2C(=O)[C@@H]3CN(C(=O)NC(C)C)CCN3C2=O)cc1. The van der Waals surface area contributed by atoms with Crippen LogP contribution in [0.15, 0.2) is 24.3 Å². The molecule has 5 amide bonds.